The van der Waals surface area contributed by atoms with E-state index in [0.29, 0.717) is 6.04 Å². The summed E-state index contributed by atoms with van der Waals surface area (Å²) in [5.41, 5.74) is 12.6. The highest BCUT2D eigenvalue weighted by molar-refractivity contribution is 5.96. The molecule has 0 unspecified atom stereocenters. The first-order valence-electron chi connectivity index (χ1n) is 15.4. The van der Waals surface area contributed by atoms with Gasteiger partial charge < -0.3 is 0 Å². The summed E-state index contributed by atoms with van der Waals surface area (Å²) in [6.45, 7) is 0. The topological polar surface area (TPSA) is 24.7 Å². The molecule has 0 radical (unpaired) electrons. The van der Waals surface area contributed by atoms with Gasteiger partial charge in [-0.1, -0.05) is 127 Å². The molecule has 0 amide bonds. The van der Waals surface area contributed by atoms with Gasteiger partial charge in [-0.25, -0.2) is 9.98 Å². The van der Waals surface area contributed by atoms with Crippen LogP contribution in [0.4, 0.5) is 11.4 Å². The van der Waals surface area contributed by atoms with E-state index in [2.05, 4.69) is 133 Å². The largest absolute Gasteiger partial charge is 0.248 e. The van der Waals surface area contributed by atoms with Crippen LogP contribution in [0.3, 0.4) is 0 Å². The maximum atomic E-state index is 9.98. The van der Waals surface area contributed by atoms with Crippen molar-refractivity contribution in [2.45, 2.75) is 0 Å². The molecule has 0 saturated heterocycles. The van der Waals surface area contributed by atoms with Crippen LogP contribution in [0.5, 0.6) is 0 Å². The molecular weight excluding hydrogens is 532 g/mol. The van der Waals surface area contributed by atoms with E-state index in [9.17, 15) is 1.37 Å². The summed E-state index contributed by atoms with van der Waals surface area (Å²) in [6.07, 6.45) is 0. The molecule has 0 atom stereocenters. The first kappa shape index (κ1) is 23.7. The van der Waals surface area contributed by atoms with Gasteiger partial charge in [0.25, 0.3) is 0 Å². The van der Waals surface area contributed by atoms with E-state index in [1.54, 1.807) is 0 Å². The maximum absolute atomic E-state index is 9.98. The van der Waals surface area contributed by atoms with E-state index in [4.69, 9.17) is 9.98 Å². The van der Waals surface area contributed by atoms with Gasteiger partial charge in [-0.3, -0.25) is 0 Å². The quantitative estimate of drug-likeness (QED) is 0.205. The van der Waals surface area contributed by atoms with E-state index < -0.39 is 0 Å². The SMILES string of the molecule is [2H]c1c(-c2ccccc2-c2ccccc2-c2ccccc2)c(-c2ccccc2)cc2c1=c1c(ccc3c1=Nc1ccccc1-3)N=2. The Kier molecular flexibility index (Phi) is 5.31. The molecule has 204 valence electrons. The second-order valence-electron chi connectivity index (χ2n) is 11.2. The fraction of sp³-hybridized carbons (Fsp3) is 0. The summed E-state index contributed by atoms with van der Waals surface area (Å²) in [4.78, 5) is 10.2. The van der Waals surface area contributed by atoms with Crippen molar-refractivity contribution in [3.63, 3.8) is 0 Å². The molecule has 0 aromatic heterocycles. The van der Waals surface area contributed by atoms with Crippen LogP contribution in [0.15, 0.2) is 168 Å². The summed E-state index contributed by atoms with van der Waals surface area (Å²) in [7, 11) is 0. The van der Waals surface area contributed by atoms with Crippen molar-refractivity contribution < 1.29 is 1.37 Å². The fourth-order valence-corrected chi connectivity index (χ4v) is 6.70. The molecule has 0 spiro atoms. The molecule has 44 heavy (non-hydrogen) atoms. The zero-order chi connectivity index (χ0) is 29.9. The van der Waals surface area contributed by atoms with Crippen molar-refractivity contribution in [2.24, 2.45) is 9.98 Å². The van der Waals surface area contributed by atoms with Crippen molar-refractivity contribution in [3.8, 4) is 55.6 Å². The summed E-state index contributed by atoms with van der Waals surface area (Å²) in [6, 6.07) is 53.1. The third-order valence-electron chi connectivity index (χ3n) is 8.71. The van der Waals surface area contributed by atoms with Gasteiger partial charge in [-0.15, -0.1) is 0 Å². The monoisotopic (exact) mass is 559 g/mol. The second kappa shape index (κ2) is 9.86. The van der Waals surface area contributed by atoms with E-state index in [-0.39, 0.29) is 0 Å². The van der Waals surface area contributed by atoms with Crippen molar-refractivity contribution in [2.75, 3.05) is 0 Å². The first-order valence-corrected chi connectivity index (χ1v) is 14.9. The van der Waals surface area contributed by atoms with Crippen molar-refractivity contribution >= 4 is 11.4 Å². The smallest absolute Gasteiger partial charge is 0.0817 e. The number of benzene rings is 7. The first-order chi connectivity index (χ1) is 22.3. The van der Waals surface area contributed by atoms with Gasteiger partial charge in [0.2, 0.25) is 0 Å². The summed E-state index contributed by atoms with van der Waals surface area (Å²) in [5, 5.41) is 3.52. The molecule has 0 aliphatic carbocycles. The average Bonchev–Trinajstić information content (AvgIpc) is 3.68. The van der Waals surface area contributed by atoms with Gasteiger partial charge in [0.05, 0.1) is 23.5 Å². The zero-order valence-corrected chi connectivity index (χ0v) is 23.8. The minimum absolute atomic E-state index is 0.470. The molecule has 9 rings (SSSR count). The maximum Gasteiger partial charge on any atom is 0.0817 e. The molecule has 0 fully saturated rings. The van der Waals surface area contributed by atoms with E-state index in [1.807, 2.05) is 18.2 Å². The van der Waals surface area contributed by atoms with Gasteiger partial charge in [0.1, 0.15) is 0 Å². The Morgan fingerprint density at radius 3 is 1.64 bits per heavy atom. The highest BCUT2D eigenvalue weighted by Crippen LogP contribution is 2.42. The molecule has 2 heterocycles. The minimum atomic E-state index is 0.470. The van der Waals surface area contributed by atoms with E-state index in [1.165, 1.54) is 0 Å². The lowest BCUT2D eigenvalue weighted by atomic mass is 9.86. The molecule has 7 aromatic carbocycles. The molecule has 2 aliphatic heterocycles. The molecule has 7 aromatic rings. The van der Waals surface area contributed by atoms with Gasteiger partial charge in [-0.05, 0) is 74.8 Å². The third-order valence-corrected chi connectivity index (χ3v) is 8.71. The zero-order valence-electron chi connectivity index (χ0n) is 24.8. The molecular formula is C42H26N2. The van der Waals surface area contributed by atoms with Gasteiger partial charge in [0.15, 0.2) is 0 Å². The van der Waals surface area contributed by atoms with Crippen LogP contribution in [-0.4, -0.2) is 0 Å². The Morgan fingerprint density at radius 2 is 0.932 bits per heavy atom. The lowest BCUT2D eigenvalue weighted by Gasteiger charge is -2.17. The Bertz CT molecular complexity index is 2540. The van der Waals surface area contributed by atoms with Gasteiger partial charge >= 0.3 is 0 Å². The van der Waals surface area contributed by atoms with E-state index >= 15 is 0 Å². The average molecular weight is 560 g/mol. The molecule has 2 nitrogen and oxygen atoms in total. The highest BCUT2D eigenvalue weighted by atomic mass is 14.8. The Labute approximate surface area is 256 Å². The van der Waals surface area contributed by atoms with Gasteiger partial charge in [-0.2, -0.15) is 0 Å². The number of fused-ring (bicyclic) bond motifs is 6. The predicted octanol–water partition coefficient (Wildman–Crippen LogP) is 9.84. The number of para-hydroxylation sites is 1. The lowest BCUT2D eigenvalue weighted by molar-refractivity contribution is 1.35. The van der Waals surface area contributed by atoms with Crippen LogP contribution < -0.4 is 10.7 Å². The Hall–Kier alpha value is -5.86. The molecule has 0 bridgehead atoms. The molecule has 0 saturated carbocycles. The fourth-order valence-electron chi connectivity index (χ4n) is 6.70. The number of hydrogen-bond acceptors (Lipinski definition) is 2. The predicted molar refractivity (Wildman–Crippen MR) is 179 cm³/mol. The van der Waals surface area contributed by atoms with Crippen molar-refractivity contribution in [3.05, 3.63) is 179 Å². The van der Waals surface area contributed by atoms with Crippen LogP contribution in [0.25, 0.3) is 55.6 Å². The molecule has 0 N–H and O–H groups in total. The number of nitrogens with zero attached hydrogens (tertiary/aromatic N) is 2. The van der Waals surface area contributed by atoms with Crippen LogP contribution in [0.1, 0.15) is 1.37 Å². The van der Waals surface area contributed by atoms with Crippen LogP contribution in [0, 0.1) is 10.4 Å². The van der Waals surface area contributed by atoms with Crippen molar-refractivity contribution in [1.82, 2.24) is 0 Å². The molecule has 2 heteroatoms. The van der Waals surface area contributed by atoms with Crippen LogP contribution in [0.2, 0.25) is 0 Å². The lowest BCUT2D eigenvalue weighted by Crippen LogP contribution is -2.07. The summed E-state index contributed by atoms with van der Waals surface area (Å²) in [5.74, 6) is 0. The van der Waals surface area contributed by atoms with Crippen LogP contribution >= 0.6 is 0 Å². The minimum Gasteiger partial charge on any atom is -0.248 e. The second-order valence-corrected chi connectivity index (χ2v) is 11.2. The van der Waals surface area contributed by atoms with Crippen LogP contribution in [-0.2, 0) is 0 Å². The number of rotatable bonds is 4. The Balaban J connectivity index is 1.41. The summed E-state index contributed by atoms with van der Waals surface area (Å²) >= 11 is 0. The van der Waals surface area contributed by atoms with E-state index in [0.717, 1.165) is 88.2 Å². The third kappa shape index (κ3) is 3.82. The highest BCUT2D eigenvalue weighted by Gasteiger charge is 2.20. The summed E-state index contributed by atoms with van der Waals surface area (Å²) < 4.78 is 9.98. The number of hydrogen-bond donors (Lipinski definition) is 0. The standard InChI is InChI=1S/C42H26N2/c1-3-13-27(14-4-1)29-17-7-8-18-30(29)31-19-9-10-20-32(31)36-25-37-40(26-35(36)28-15-5-2-6-16-28)43-39-24-23-34-33-21-11-12-22-38(33)44-42(34)41(37)39/h1-26H/i25D. The molecule has 2 aliphatic rings. The Morgan fingerprint density at radius 1 is 0.386 bits per heavy atom. The van der Waals surface area contributed by atoms with Gasteiger partial charge in [0, 0.05) is 21.6 Å². The normalized spacial score (nSPS) is 12.3. The van der Waals surface area contributed by atoms with Crippen molar-refractivity contribution in [1.29, 1.82) is 0 Å².